The van der Waals surface area contributed by atoms with Crippen LogP contribution in [0.3, 0.4) is 0 Å². The number of rotatable bonds is 2. The third-order valence-corrected chi connectivity index (χ3v) is 3.49. The maximum absolute atomic E-state index is 12.8. The quantitative estimate of drug-likeness (QED) is 0.779. The molecular weight excluding hydrogens is 323 g/mol. The number of hydrogen-bond donors (Lipinski definition) is 1. The second-order valence-corrected chi connectivity index (χ2v) is 5.13. The van der Waals surface area contributed by atoms with Crippen molar-refractivity contribution in [2.24, 2.45) is 5.73 Å². The fourth-order valence-corrected chi connectivity index (χ4v) is 2.33. The van der Waals surface area contributed by atoms with Crippen LogP contribution in [0.2, 0.25) is 0 Å². The van der Waals surface area contributed by atoms with Crippen LogP contribution in [-0.4, -0.2) is 5.91 Å². The van der Waals surface area contributed by atoms with Crippen molar-refractivity contribution < 1.29 is 22.4 Å². The largest absolute Gasteiger partial charge is 0.451 e. The minimum absolute atomic E-state index is 0.0396. The molecule has 1 aromatic heterocycles. The highest BCUT2D eigenvalue weighted by atomic mass is 19.4. The summed E-state index contributed by atoms with van der Waals surface area (Å²) in [6.45, 7) is 0. The van der Waals surface area contributed by atoms with E-state index in [4.69, 9.17) is 10.2 Å². The molecule has 0 bridgehead atoms. The number of amides is 1. The van der Waals surface area contributed by atoms with E-state index in [1.165, 1.54) is 24.3 Å². The predicted octanol–water partition coefficient (Wildman–Crippen LogP) is 3.58. The Bertz CT molecular complexity index is 1010. The third-order valence-electron chi connectivity index (χ3n) is 3.49. The molecule has 2 aromatic carbocycles. The number of fused-ring (bicyclic) bond motifs is 1. The van der Waals surface area contributed by atoms with Crippen LogP contribution in [0.15, 0.2) is 57.7 Å². The molecule has 122 valence electrons. The molecule has 24 heavy (non-hydrogen) atoms. The molecule has 0 aliphatic rings. The summed E-state index contributed by atoms with van der Waals surface area (Å²) < 4.78 is 43.2. The lowest BCUT2D eigenvalue weighted by molar-refractivity contribution is -0.152. The van der Waals surface area contributed by atoms with Gasteiger partial charge in [0, 0.05) is 11.6 Å². The molecule has 0 fully saturated rings. The van der Waals surface area contributed by atoms with Crippen LogP contribution in [0.4, 0.5) is 13.2 Å². The molecule has 0 radical (unpaired) electrons. The first-order chi connectivity index (χ1) is 11.3. The van der Waals surface area contributed by atoms with E-state index in [0.717, 1.165) is 0 Å². The van der Waals surface area contributed by atoms with Crippen molar-refractivity contribution in [1.82, 2.24) is 0 Å². The van der Waals surface area contributed by atoms with Gasteiger partial charge >= 0.3 is 6.18 Å². The van der Waals surface area contributed by atoms with Gasteiger partial charge in [0.2, 0.25) is 11.7 Å². The number of nitrogens with two attached hydrogens (primary N) is 1. The zero-order valence-electron chi connectivity index (χ0n) is 12.1. The summed E-state index contributed by atoms with van der Waals surface area (Å²) in [5, 5.41) is 0.0396. The Morgan fingerprint density at radius 1 is 1.00 bits per heavy atom. The number of primary amides is 1. The zero-order valence-corrected chi connectivity index (χ0v) is 12.1. The third kappa shape index (κ3) is 2.88. The van der Waals surface area contributed by atoms with Crippen molar-refractivity contribution in [3.8, 4) is 11.1 Å². The molecule has 3 rings (SSSR count). The lowest BCUT2D eigenvalue weighted by Gasteiger charge is -2.08. The van der Waals surface area contributed by atoms with Crippen molar-refractivity contribution in [2.75, 3.05) is 0 Å². The molecular formula is C17H10F3NO3. The van der Waals surface area contributed by atoms with Gasteiger partial charge in [0.25, 0.3) is 0 Å². The second-order valence-electron chi connectivity index (χ2n) is 5.13. The van der Waals surface area contributed by atoms with E-state index in [9.17, 15) is 22.8 Å². The van der Waals surface area contributed by atoms with Crippen molar-refractivity contribution in [2.45, 2.75) is 6.18 Å². The summed E-state index contributed by atoms with van der Waals surface area (Å²) in [6, 6.07) is 11.0. The molecule has 2 N–H and O–H groups in total. The van der Waals surface area contributed by atoms with Gasteiger partial charge in [0.05, 0.1) is 5.39 Å². The van der Waals surface area contributed by atoms with Crippen molar-refractivity contribution >= 4 is 16.9 Å². The molecule has 0 saturated carbocycles. The standard InChI is InChI=1S/C17H10F3NO3/c18-17(19,20)15-8-13(22)12-5-4-10(7-14(12)24-15)9-2-1-3-11(6-9)16(21)23/h1-8H,(H2,21,23). The Labute approximate surface area is 133 Å². The van der Waals surface area contributed by atoms with Crippen LogP contribution >= 0.6 is 0 Å². The molecule has 3 aromatic rings. The SMILES string of the molecule is NC(=O)c1cccc(-c2ccc3c(=O)cc(C(F)(F)F)oc3c2)c1. The lowest BCUT2D eigenvalue weighted by atomic mass is 10.0. The van der Waals surface area contributed by atoms with Crippen LogP contribution in [0, 0.1) is 0 Å². The van der Waals surface area contributed by atoms with Crippen LogP contribution in [0.5, 0.6) is 0 Å². The monoisotopic (exact) mass is 333 g/mol. The van der Waals surface area contributed by atoms with Crippen molar-refractivity contribution in [3.63, 3.8) is 0 Å². The van der Waals surface area contributed by atoms with Crippen molar-refractivity contribution in [1.29, 1.82) is 0 Å². The lowest BCUT2D eigenvalue weighted by Crippen LogP contribution is -2.11. The molecule has 0 spiro atoms. The van der Waals surface area contributed by atoms with E-state index in [-0.39, 0.29) is 16.5 Å². The molecule has 0 aliphatic carbocycles. The number of benzene rings is 2. The highest BCUT2D eigenvalue weighted by Gasteiger charge is 2.34. The average Bonchev–Trinajstić information content (AvgIpc) is 2.53. The van der Waals surface area contributed by atoms with Gasteiger partial charge in [0.15, 0.2) is 5.43 Å². The summed E-state index contributed by atoms with van der Waals surface area (Å²) >= 11 is 0. The molecule has 1 heterocycles. The molecule has 4 nitrogen and oxygen atoms in total. The maximum atomic E-state index is 12.8. The Hall–Kier alpha value is -3.09. The predicted molar refractivity (Wildman–Crippen MR) is 81.4 cm³/mol. The topological polar surface area (TPSA) is 73.3 Å². The smallest absolute Gasteiger partial charge is 0.449 e. The summed E-state index contributed by atoms with van der Waals surface area (Å²) in [7, 11) is 0. The van der Waals surface area contributed by atoms with E-state index < -0.39 is 23.3 Å². The highest BCUT2D eigenvalue weighted by Crippen LogP contribution is 2.31. The van der Waals surface area contributed by atoms with Gasteiger partial charge in [0.1, 0.15) is 5.58 Å². The fourth-order valence-electron chi connectivity index (χ4n) is 2.33. The van der Waals surface area contributed by atoms with Crippen LogP contribution in [0.25, 0.3) is 22.1 Å². The number of halogens is 3. The number of carbonyl (C=O) groups excluding carboxylic acids is 1. The molecule has 0 atom stereocenters. The van der Waals surface area contributed by atoms with Gasteiger partial charge in [-0.25, -0.2) is 0 Å². The highest BCUT2D eigenvalue weighted by molar-refractivity contribution is 5.94. The van der Waals surface area contributed by atoms with Crippen LogP contribution in [-0.2, 0) is 6.18 Å². The van der Waals surface area contributed by atoms with Crippen LogP contribution < -0.4 is 11.2 Å². The molecule has 0 unspecified atom stereocenters. The zero-order chi connectivity index (χ0) is 17.5. The second kappa shape index (κ2) is 5.52. The minimum atomic E-state index is -4.75. The van der Waals surface area contributed by atoms with Gasteiger partial charge in [-0.15, -0.1) is 0 Å². The average molecular weight is 333 g/mol. The summed E-state index contributed by atoms with van der Waals surface area (Å²) in [4.78, 5) is 23.1. The Morgan fingerprint density at radius 3 is 2.38 bits per heavy atom. The van der Waals surface area contributed by atoms with Gasteiger partial charge in [-0.05, 0) is 35.4 Å². The van der Waals surface area contributed by atoms with Gasteiger partial charge in [-0.3, -0.25) is 9.59 Å². The Kier molecular flexibility index (Phi) is 3.63. The number of alkyl halides is 3. The minimum Gasteiger partial charge on any atom is -0.451 e. The molecule has 7 heteroatoms. The normalized spacial score (nSPS) is 11.6. The van der Waals surface area contributed by atoms with Crippen molar-refractivity contribution in [3.05, 3.63) is 70.1 Å². The van der Waals surface area contributed by atoms with Gasteiger partial charge < -0.3 is 10.2 Å². The van der Waals surface area contributed by atoms with Gasteiger partial charge in [-0.1, -0.05) is 18.2 Å². The van der Waals surface area contributed by atoms with Gasteiger partial charge in [-0.2, -0.15) is 13.2 Å². The maximum Gasteiger partial charge on any atom is 0.449 e. The summed E-state index contributed by atoms with van der Waals surface area (Å²) in [5.41, 5.74) is 5.57. The van der Waals surface area contributed by atoms with E-state index in [0.29, 0.717) is 17.2 Å². The first-order valence-electron chi connectivity index (χ1n) is 6.81. The molecule has 0 saturated heterocycles. The summed E-state index contributed by atoms with van der Waals surface area (Å²) in [5.74, 6) is -1.98. The molecule has 1 amide bonds. The summed E-state index contributed by atoms with van der Waals surface area (Å²) in [6.07, 6.45) is -4.75. The first-order valence-corrected chi connectivity index (χ1v) is 6.81. The Balaban J connectivity index is 2.19. The Morgan fingerprint density at radius 2 is 1.71 bits per heavy atom. The number of carbonyl (C=O) groups is 1. The van der Waals surface area contributed by atoms with E-state index >= 15 is 0 Å². The van der Waals surface area contributed by atoms with E-state index in [2.05, 4.69) is 0 Å². The first kappa shape index (κ1) is 15.8. The molecule has 0 aliphatic heterocycles. The number of hydrogen-bond acceptors (Lipinski definition) is 3. The van der Waals surface area contributed by atoms with E-state index in [1.807, 2.05) is 0 Å². The van der Waals surface area contributed by atoms with Crippen LogP contribution in [0.1, 0.15) is 16.1 Å². The van der Waals surface area contributed by atoms with E-state index in [1.54, 1.807) is 18.2 Å². The fraction of sp³-hybridized carbons (Fsp3) is 0.0588.